The fourth-order valence-electron chi connectivity index (χ4n) is 2.34. The minimum absolute atomic E-state index is 0.337. The zero-order chi connectivity index (χ0) is 12.3. The summed E-state index contributed by atoms with van der Waals surface area (Å²) in [6.45, 7) is 2.87. The van der Waals surface area contributed by atoms with Gasteiger partial charge in [0.1, 0.15) is 0 Å². The topological polar surface area (TPSA) is 29.5 Å². The normalized spacial score (nSPS) is 21.7. The van der Waals surface area contributed by atoms with E-state index in [2.05, 4.69) is 0 Å². The van der Waals surface area contributed by atoms with Crippen LogP contribution in [0.3, 0.4) is 0 Å². The molecule has 0 amide bonds. The van der Waals surface area contributed by atoms with Crippen molar-refractivity contribution in [2.24, 2.45) is 0 Å². The maximum Gasteiger partial charge on any atom is 0.0794 e. The third-order valence-corrected chi connectivity index (χ3v) is 3.62. The van der Waals surface area contributed by atoms with Gasteiger partial charge in [-0.15, -0.1) is 0 Å². The Morgan fingerprint density at radius 2 is 2.35 bits per heavy atom. The summed E-state index contributed by atoms with van der Waals surface area (Å²) >= 11 is 5.95. The van der Waals surface area contributed by atoms with Gasteiger partial charge in [-0.2, -0.15) is 0 Å². The molecule has 0 aliphatic carbocycles. The highest BCUT2D eigenvalue weighted by Gasteiger charge is 2.18. The first-order chi connectivity index (χ1) is 8.16. The van der Waals surface area contributed by atoms with Crippen molar-refractivity contribution < 1.29 is 9.84 Å². The van der Waals surface area contributed by atoms with Crippen LogP contribution in [0.2, 0.25) is 5.02 Å². The monoisotopic (exact) mass is 254 g/mol. The SMILES string of the molecule is Cc1ccc(Cl)cc1C(O)CCC1CCCO1. The van der Waals surface area contributed by atoms with Crippen molar-refractivity contribution in [1.82, 2.24) is 0 Å². The predicted molar refractivity (Wildman–Crippen MR) is 69.4 cm³/mol. The van der Waals surface area contributed by atoms with Crippen LogP contribution in [0.1, 0.15) is 42.9 Å². The van der Waals surface area contributed by atoms with Crippen LogP contribution in [0, 0.1) is 6.92 Å². The van der Waals surface area contributed by atoms with E-state index in [0.29, 0.717) is 11.1 Å². The summed E-state index contributed by atoms with van der Waals surface area (Å²) in [5.74, 6) is 0. The van der Waals surface area contributed by atoms with Gasteiger partial charge in [-0.25, -0.2) is 0 Å². The zero-order valence-corrected chi connectivity index (χ0v) is 10.9. The first-order valence-electron chi connectivity index (χ1n) is 6.22. The third-order valence-electron chi connectivity index (χ3n) is 3.39. The van der Waals surface area contributed by atoms with Gasteiger partial charge >= 0.3 is 0 Å². The van der Waals surface area contributed by atoms with Crippen molar-refractivity contribution in [3.63, 3.8) is 0 Å². The van der Waals surface area contributed by atoms with E-state index in [0.717, 1.165) is 43.4 Å². The number of benzene rings is 1. The van der Waals surface area contributed by atoms with Crippen LogP contribution in [0.25, 0.3) is 0 Å². The largest absolute Gasteiger partial charge is 0.388 e. The van der Waals surface area contributed by atoms with Crippen molar-refractivity contribution in [2.75, 3.05) is 6.61 Å². The molecule has 1 aliphatic heterocycles. The molecule has 94 valence electrons. The molecule has 1 aliphatic rings. The van der Waals surface area contributed by atoms with Crippen LogP contribution < -0.4 is 0 Å². The molecule has 1 N–H and O–H groups in total. The molecule has 1 aromatic rings. The number of hydrogen-bond acceptors (Lipinski definition) is 2. The van der Waals surface area contributed by atoms with Gasteiger partial charge < -0.3 is 9.84 Å². The van der Waals surface area contributed by atoms with Gasteiger partial charge in [-0.3, -0.25) is 0 Å². The number of aryl methyl sites for hydroxylation is 1. The molecule has 1 aromatic carbocycles. The number of rotatable bonds is 4. The van der Waals surface area contributed by atoms with E-state index >= 15 is 0 Å². The average molecular weight is 255 g/mol. The summed E-state index contributed by atoms with van der Waals surface area (Å²) in [4.78, 5) is 0. The minimum Gasteiger partial charge on any atom is -0.388 e. The highest BCUT2D eigenvalue weighted by Crippen LogP contribution is 2.27. The maximum atomic E-state index is 10.2. The standard InChI is InChI=1S/C14H19ClO2/c1-10-4-5-11(15)9-13(10)14(16)7-6-12-3-2-8-17-12/h4-5,9,12,14,16H,2-3,6-8H2,1H3. The predicted octanol–water partition coefficient (Wildman–Crippen LogP) is 3.64. The molecule has 2 nitrogen and oxygen atoms in total. The number of hydrogen-bond donors (Lipinski definition) is 1. The van der Waals surface area contributed by atoms with E-state index in [1.807, 2.05) is 25.1 Å². The Morgan fingerprint density at radius 1 is 1.53 bits per heavy atom. The van der Waals surface area contributed by atoms with Crippen LogP contribution in [0.5, 0.6) is 0 Å². The second kappa shape index (κ2) is 5.85. The molecule has 0 radical (unpaired) electrons. The van der Waals surface area contributed by atoms with E-state index in [1.54, 1.807) is 0 Å². The Labute approximate surface area is 108 Å². The molecule has 0 spiro atoms. The quantitative estimate of drug-likeness (QED) is 0.889. The number of ether oxygens (including phenoxy) is 1. The van der Waals surface area contributed by atoms with Crippen LogP contribution in [-0.2, 0) is 4.74 Å². The molecular formula is C14H19ClO2. The van der Waals surface area contributed by atoms with Crippen LogP contribution in [-0.4, -0.2) is 17.8 Å². The highest BCUT2D eigenvalue weighted by molar-refractivity contribution is 6.30. The molecule has 2 unspecified atom stereocenters. The first kappa shape index (κ1) is 12.9. The smallest absolute Gasteiger partial charge is 0.0794 e. The summed E-state index contributed by atoms with van der Waals surface area (Å²) in [5, 5.41) is 10.9. The molecule has 17 heavy (non-hydrogen) atoms. The van der Waals surface area contributed by atoms with Gasteiger partial charge in [0.2, 0.25) is 0 Å². The summed E-state index contributed by atoms with van der Waals surface area (Å²) in [5.41, 5.74) is 2.03. The summed E-state index contributed by atoms with van der Waals surface area (Å²) in [6, 6.07) is 5.66. The minimum atomic E-state index is -0.433. The molecular weight excluding hydrogens is 236 g/mol. The Kier molecular flexibility index (Phi) is 4.43. The highest BCUT2D eigenvalue weighted by atomic mass is 35.5. The molecule has 1 saturated heterocycles. The van der Waals surface area contributed by atoms with Crippen LogP contribution in [0.4, 0.5) is 0 Å². The first-order valence-corrected chi connectivity index (χ1v) is 6.60. The molecule has 1 fully saturated rings. The van der Waals surface area contributed by atoms with E-state index < -0.39 is 6.10 Å². The fourth-order valence-corrected chi connectivity index (χ4v) is 2.52. The van der Waals surface area contributed by atoms with Gasteiger partial charge in [0.15, 0.2) is 0 Å². The van der Waals surface area contributed by atoms with Gasteiger partial charge in [-0.1, -0.05) is 17.7 Å². The molecule has 1 heterocycles. The van der Waals surface area contributed by atoms with Gasteiger partial charge in [-0.05, 0) is 55.9 Å². The molecule has 2 atom stereocenters. The molecule has 3 heteroatoms. The van der Waals surface area contributed by atoms with E-state index in [4.69, 9.17) is 16.3 Å². The number of aliphatic hydroxyl groups excluding tert-OH is 1. The van der Waals surface area contributed by atoms with Crippen molar-refractivity contribution in [3.8, 4) is 0 Å². The van der Waals surface area contributed by atoms with E-state index in [9.17, 15) is 5.11 Å². The van der Waals surface area contributed by atoms with Gasteiger partial charge in [0.05, 0.1) is 12.2 Å². The lowest BCUT2D eigenvalue weighted by atomic mass is 9.98. The summed E-state index contributed by atoms with van der Waals surface area (Å²) in [6.07, 6.45) is 3.85. The molecule has 0 bridgehead atoms. The summed E-state index contributed by atoms with van der Waals surface area (Å²) < 4.78 is 5.56. The molecule has 0 aromatic heterocycles. The van der Waals surface area contributed by atoms with Crippen molar-refractivity contribution >= 4 is 11.6 Å². The van der Waals surface area contributed by atoms with Crippen molar-refractivity contribution in [3.05, 3.63) is 34.3 Å². The van der Waals surface area contributed by atoms with Gasteiger partial charge in [0.25, 0.3) is 0 Å². The second-order valence-electron chi connectivity index (χ2n) is 4.73. The number of aliphatic hydroxyl groups is 1. The van der Waals surface area contributed by atoms with Crippen molar-refractivity contribution in [2.45, 2.75) is 44.8 Å². The van der Waals surface area contributed by atoms with Gasteiger partial charge in [0, 0.05) is 11.6 Å². The average Bonchev–Trinajstić information content (AvgIpc) is 2.82. The molecule has 2 rings (SSSR count). The Balaban J connectivity index is 1.93. The van der Waals surface area contributed by atoms with Crippen LogP contribution >= 0.6 is 11.6 Å². The lowest BCUT2D eigenvalue weighted by molar-refractivity contribution is 0.0811. The lowest BCUT2D eigenvalue weighted by Gasteiger charge is -2.16. The zero-order valence-electron chi connectivity index (χ0n) is 10.2. The fraction of sp³-hybridized carbons (Fsp3) is 0.571. The Bertz CT molecular complexity index is 372. The Morgan fingerprint density at radius 3 is 3.06 bits per heavy atom. The Hall–Kier alpha value is -0.570. The van der Waals surface area contributed by atoms with E-state index in [-0.39, 0.29) is 0 Å². The third kappa shape index (κ3) is 3.44. The lowest BCUT2D eigenvalue weighted by Crippen LogP contribution is -2.08. The molecule has 0 saturated carbocycles. The summed E-state index contributed by atoms with van der Waals surface area (Å²) in [7, 11) is 0. The maximum absolute atomic E-state index is 10.2. The second-order valence-corrected chi connectivity index (χ2v) is 5.17. The van der Waals surface area contributed by atoms with Crippen LogP contribution in [0.15, 0.2) is 18.2 Å². The van der Waals surface area contributed by atoms with E-state index in [1.165, 1.54) is 0 Å². The number of halogens is 1. The van der Waals surface area contributed by atoms with Crippen molar-refractivity contribution in [1.29, 1.82) is 0 Å².